The molecule has 46 heavy (non-hydrogen) atoms. The Bertz CT molecular complexity index is 1510. The van der Waals surface area contributed by atoms with Crippen molar-refractivity contribution in [2.75, 3.05) is 12.7 Å². The first-order valence-corrected chi connectivity index (χ1v) is 18.7. The van der Waals surface area contributed by atoms with E-state index in [0.29, 0.717) is 6.54 Å². The molecule has 3 N–H and O–H groups in total. The number of pyridine rings is 1. The van der Waals surface area contributed by atoms with Crippen LogP contribution in [0, 0.1) is 0 Å². The van der Waals surface area contributed by atoms with Crippen LogP contribution in [0.15, 0.2) is 116 Å². The summed E-state index contributed by atoms with van der Waals surface area (Å²) < 4.78 is 21.7. The first kappa shape index (κ1) is 34.0. The van der Waals surface area contributed by atoms with Crippen LogP contribution in [0.5, 0.6) is 0 Å². The number of nitrogens with zero attached hydrogens (tertiary/aromatic N) is 1. The summed E-state index contributed by atoms with van der Waals surface area (Å²) in [4.78, 5) is 34.8. The maximum Gasteiger partial charge on any atom is 0.294 e. The highest BCUT2D eigenvalue weighted by Gasteiger charge is 2.49. The summed E-state index contributed by atoms with van der Waals surface area (Å²) in [6.07, 6.45) is 1.23. The minimum atomic E-state index is -5.46. The molecule has 1 aromatic heterocycles. The van der Waals surface area contributed by atoms with Crippen molar-refractivity contribution >= 4 is 36.9 Å². The van der Waals surface area contributed by atoms with E-state index in [4.69, 9.17) is 4.74 Å². The van der Waals surface area contributed by atoms with Gasteiger partial charge in [0.2, 0.25) is 0 Å². The Morgan fingerprint density at radius 2 is 1.35 bits per heavy atom. The number of nitrogens with one attached hydrogen (secondary N) is 1. The van der Waals surface area contributed by atoms with Crippen LogP contribution < -0.4 is 35.6 Å². The van der Waals surface area contributed by atoms with Crippen LogP contribution in [0.2, 0.25) is 0 Å². The van der Waals surface area contributed by atoms with E-state index >= 15 is 0 Å². The van der Waals surface area contributed by atoms with Gasteiger partial charge in [0.25, 0.3) is 12.1 Å². The molecule has 1 amide bonds. The molecular weight excluding hydrogens is 626 g/mol. The van der Waals surface area contributed by atoms with Gasteiger partial charge in [-0.1, -0.05) is 61.0 Å². The summed E-state index contributed by atoms with van der Waals surface area (Å²) >= 11 is 0. The molecule has 5 rings (SSSR count). The van der Waals surface area contributed by atoms with E-state index in [1.165, 1.54) is 32.9 Å². The number of rotatable bonds is 14. The van der Waals surface area contributed by atoms with Gasteiger partial charge in [-0.3, -0.25) is 9.53 Å². The van der Waals surface area contributed by atoms with E-state index in [0.717, 1.165) is 31.8 Å². The van der Waals surface area contributed by atoms with Gasteiger partial charge in [-0.25, -0.2) is 0 Å². The quantitative estimate of drug-likeness (QED) is 0.105. The normalized spacial score (nSPS) is 20.0. The van der Waals surface area contributed by atoms with Crippen LogP contribution in [0.3, 0.4) is 0 Å². The van der Waals surface area contributed by atoms with Crippen molar-refractivity contribution in [2.45, 2.75) is 50.4 Å². The molecule has 1 aliphatic rings. The molecule has 0 saturated carbocycles. The van der Waals surface area contributed by atoms with Crippen molar-refractivity contribution in [3.05, 3.63) is 121 Å². The number of phosphoric ester groups is 1. The molecule has 0 spiro atoms. The average Bonchev–Trinajstić information content (AvgIpc) is 3.34. The standard InChI is InChI=1S/C34H38N2O8P2/c37-30-31(38)34(44-46(40,41)42)43-33(30)36-23-14-15-26(25-36)32(39)35-22-12-1-2-13-24-45(27-16-6-3-7-17-27,28-18-8-4-9-19-28)29-20-10-5-11-21-29/h3-11,14-21,23,25,30-31,33-34,37-38H,1-2,12-13,22,24H2,(H-2,35,39,40,41,42)/t30-,31+,33-,34-/m1/s1. The van der Waals surface area contributed by atoms with E-state index in [1.807, 2.05) is 0 Å². The number of aromatic nitrogens is 1. The molecule has 0 aliphatic carbocycles. The Kier molecular flexibility index (Phi) is 11.5. The number of hydrogen-bond donors (Lipinski definition) is 3. The second-order valence-corrected chi connectivity index (χ2v) is 15.9. The fourth-order valence-electron chi connectivity index (χ4n) is 5.89. The fraction of sp³-hybridized carbons (Fsp3) is 0.294. The second-order valence-electron chi connectivity index (χ2n) is 11.2. The van der Waals surface area contributed by atoms with Gasteiger partial charge in [-0.05, 0) is 61.7 Å². The Morgan fingerprint density at radius 3 is 1.89 bits per heavy atom. The van der Waals surface area contributed by atoms with E-state index in [9.17, 15) is 29.4 Å². The maximum absolute atomic E-state index is 12.9. The number of phosphoric acid groups is 1. The van der Waals surface area contributed by atoms with Gasteiger partial charge < -0.3 is 34.4 Å². The number of amides is 1. The number of aliphatic hydroxyl groups excluding tert-OH is 2. The highest BCUT2D eigenvalue weighted by molar-refractivity contribution is 7.95. The molecule has 12 heteroatoms. The zero-order valence-electron chi connectivity index (χ0n) is 25.2. The minimum Gasteiger partial charge on any atom is -0.790 e. The number of aliphatic hydroxyl groups is 2. The van der Waals surface area contributed by atoms with Crippen LogP contribution in [0.1, 0.15) is 42.3 Å². The zero-order valence-corrected chi connectivity index (χ0v) is 27.0. The highest BCUT2D eigenvalue weighted by Crippen LogP contribution is 2.56. The Balaban J connectivity index is 1.16. The van der Waals surface area contributed by atoms with Crippen molar-refractivity contribution in [1.82, 2.24) is 5.32 Å². The molecule has 4 atom stereocenters. The van der Waals surface area contributed by atoms with Gasteiger partial charge in [0.05, 0.1) is 14.0 Å². The number of benzene rings is 3. The number of carbonyl (C=O) groups is 1. The van der Waals surface area contributed by atoms with E-state index < -0.39 is 39.8 Å². The Morgan fingerprint density at radius 1 is 0.804 bits per heavy atom. The minimum absolute atomic E-state index is 0.277. The molecular formula is C34H38N2O8P2. The smallest absolute Gasteiger partial charge is 0.294 e. The molecule has 2 heterocycles. The number of carbonyl (C=O) groups excluding carboxylic acids is 1. The van der Waals surface area contributed by atoms with Crippen LogP contribution in [-0.4, -0.2) is 47.3 Å². The van der Waals surface area contributed by atoms with Gasteiger partial charge in [0.1, 0.15) is 34.8 Å². The van der Waals surface area contributed by atoms with Gasteiger partial charge in [-0.15, -0.1) is 0 Å². The summed E-state index contributed by atoms with van der Waals surface area (Å²) in [7, 11) is -7.33. The lowest BCUT2D eigenvalue weighted by Gasteiger charge is -2.31. The molecule has 1 saturated heterocycles. The molecule has 0 radical (unpaired) electrons. The number of unbranched alkanes of at least 4 members (excludes halogenated alkanes) is 3. The first-order valence-electron chi connectivity index (χ1n) is 15.2. The summed E-state index contributed by atoms with van der Waals surface area (Å²) in [5, 5.41) is 27.4. The summed E-state index contributed by atoms with van der Waals surface area (Å²) in [5.74, 6) is -0.332. The third kappa shape index (κ3) is 8.15. The number of hydrogen-bond acceptors (Lipinski definition) is 8. The Labute approximate surface area is 269 Å². The topological polar surface area (TPSA) is 155 Å². The van der Waals surface area contributed by atoms with E-state index in [2.05, 4.69) is 101 Å². The molecule has 1 aliphatic heterocycles. The Hall–Kier alpha value is -3.30. The molecule has 0 unspecified atom stereocenters. The monoisotopic (exact) mass is 664 g/mol. The lowest BCUT2D eigenvalue weighted by atomic mass is 10.2. The van der Waals surface area contributed by atoms with Crippen molar-refractivity contribution in [1.29, 1.82) is 0 Å². The van der Waals surface area contributed by atoms with Crippen LogP contribution in [-0.2, 0) is 13.8 Å². The SMILES string of the molecule is O=C(NCCCCCC[P+](c1ccccc1)(c1ccccc1)c1ccccc1)c1ccc[n+]([C@@H]2O[C@H](OP(=O)([O-])[O-])[C@@H](O)[C@H]2O)c1. The molecule has 4 aromatic rings. The zero-order chi connectivity index (χ0) is 32.6. The van der Waals surface area contributed by atoms with Crippen LogP contribution in [0.4, 0.5) is 0 Å². The molecule has 10 nitrogen and oxygen atoms in total. The largest absolute Gasteiger partial charge is 0.790 e. The van der Waals surface area contributed by atoms with Crippen molar-refractivity contribution in [2.24, 2.45) is 0 Å². The number of ether oxygens (including phenoxy) is 1. The van der Waals surface area contributed by atoms with Gasteiger partial charge >= 0.3 is 0 Å². The second kappa shape index (κ2) is 15.5. The first-order chi connectivity index (χ1) is 22.2. The lowest BCUT2D eigenvalue weighted by molar-refractivity contribution is -0.767. The van der Waals surface area contributed by atoms with E-state index in [1.54, 1.807) is 12.1 Å². The van der Waals surface area contributed by atoms with Crippen molar-refractivity contribution in [3.63, 3.8) is 0 Å². The van der Waals surface area contributed by atoms with Crippen LogP contribution in [0.25, 0.3) is 0 Å². The molecule has 0 bridgehead atoms. The maximum atomic E-state index is 12.9. The average molecular weight is 665 g/mol. The van der Waals surface area contributed by atoms with Gasteiger partial charge in [-0.2, -0.15) is 4.57 Å². The van der Waals surface area contributed by atoms with Gasteiger partial charge in [0.15, 0.2) is 24.8 Å². The molecule has 242 valence electrons. The lowest BCUT2D eigenvalue weighted by Crippen LogP contribution is -2.46. The van der Waals surface area contributed by atoms with Crippen LogP contribution >= 0.6 is 15.1 Å². The third-order valence-electron chi connectivity index (χ3n) is 8.10. The fourth-order valence-corrected chi connectivity index (χ4v) is 10.7. The highest BCUT2D eigenvalue weighted by atomic mass is 31.2. The predicted molar refractivity (Wildman–Crippen MR) is 172 cm³/mol. The molecule has 3 aromatic carbocycles. The third-order valence-corrected chi connectivity index (χ3v) is 13.1. The summed E-state index contributed by atoms with van der Waals surface area (Å²) in [5.41, 5.74) is 0.277. The summed E-state index contributed by atoms with van der Waals surface area (Å²) in [6.45, 7) is 0.476. The molecule has 1 fully saturated rings. The van der Waals surface area contributed by atoms with Crippen molar-refractivity contribution < 1.29 is 43.2 Å². The van der Waals surface area contributed by atoms with Crippen molar-refractivity contribution in [3.8, 4) is 0 Å². The van der Waals surface area contributed by atoms with E-state index in [-0.39, 0.29) is 11.5 Å². The summed E-state index contributed by atoms with van der Waals surface area (Å²) in [6, 6.07) is 35.5. The van der Waals surface area contributed by atoms with Gasteiger partial charge in [0, 0.05) is 12.6 Å². The predicted octanol–water partition coefficient (Wildman–Crippen LogP) is 1.68.